The van der Waals surface area contributed by atoms with Crippen LogP contribution in [0, 0.1) is 19.8 Å². The highest BCUT2D eigenvalue weighted by Gasteiger charge is 2.16. The minimum atomic E-state index is 0.828. The molecule has 1 atom stereocenters. The summed E-state index contributed by atoms with van der Waals surface area (Å²) in [5, 5.41) is 3.62. The first kappa shape index (κ1) is 13.6. The molecular formula is C16H26N2. The summed E-state index contributed by atoms with van der Waals surface area (Å²) in [4.78, 5) is 2.45. The molecule has 1 aliphatic heterocycles. The molecule has 0 aromatic heterocycles. The fourth-order valence-corrected chi connectivity index (χ4v) is 3.03. The van der Waals surface area contributed by atoms with Crippen molar-refractivity contribution in [2.24, 2.45) is 5.92 Å². The van der Waals surface area contributed by atoms with Gasteiger partial charge in [-0.1, -0.05) is 29.3 Å². The van der Waals surface area contributed by atoms with Gasteiger partial charge >= 0.3 is 0 Å². The maximum absolute atomic E-state index is 3.62. The van der Waals surface area contributed by atoms with Crippen molar-refractivity contribution in [1.29, 1.82) is 0 Å². The minimum absolute atomic E-state index is 0.828. The highest BCUT2D eigenvalue weighted by Crippen LogP contribution is 2.14. The monoisotopic (exact) mass is 246 g/mol. The van der Waals surface area contributed by atoms with Crippen LogP contribution < -0.4 is 5.32 Å². The largest absolute Gasteiger partial charge is 0.312 e. The third kappa shape index (κ3) is 4.11. The summed E-state index contributed by atoms with van der Waals surface area (Å²) in [5.41, 5.74) is 4.14. The Bertz CT molecular complexity index is 366. The number of nitrogens with one attached hydrogen (secondary N) is 1. The Morgan fingerprint density at radius 1 is 1.22 bits per heavy atom. The van der Waals surface area contributed by atoms with E-state index in [9.17, 15) is 0 Å². The predicted octanol–water partition coefficient (Wildman–Crippen LogP) is 2.73. The zero-order chi connectivity index (χ0) is 13.0. The fraction of sp³-hybridized carbons (Fsp3) is 0.625. The molecule has 2 nitrogen and oxygen atoms in total. The average Bonchev–Trinajstić information content (AvgIpc) is 2.27. The van der Waals surface area contributed by atoms with Crippen LogP contribution >= 0.6 is 0 Å². The van der Waals surface area contributed by atoms with Crippen molar-refractivity contribution in [2.45, 2.75) is 33.2 Å². The third-order valence-electron chi connectivity index (χ3n) is 3.77. The molecule has 0 aliphatic carbocycles. The average molecular weight is 246 g/mol. The van der Waals surface area contributed by atoms with E-state index in [4.69, 9.17) is 0 Å². The lowest BCUT2D eigenvalue weighted by Gasteiger charge is -2.29. The topological polar surface area (TPSA) is 15.3 Å². The molecule has 0 saturated carbocycles. The third-order valence-corrected chi connectivity index (χ3v) is 3.77. The molecule has 2 rings (SSSR count). The number of hydrogen-bond donors (Lipinski definition) is 1. The number of rotatable bonds is 4. The van der Waals surface area contributed by atoms with Crippen molar-refractivity contribution in [3.63, 3.8) is 0 Å². The van der Waals surface area contributed by atoms with Crippen LogP contribution in [0.3, 0.4) is 0 Å². The van der Waals surface area contributed by atoms with Crippen LogP contribution in [0.25, 0.3) is 0 Å². The first-order valence-electron chi connectivity index (χ1n) is 7.10. The Morgan fingerprint density at radius 2 is 1.94 bits per heavy atom. The molecule has 18 heavy (non-hydrogen) atoms. The molecule has 0 bridgehead atoms. The lowest BCUT2D eigenvalue weighted by Crippen LogP contribution is -2.37. The quantitative estimate of drug-likeness (QED) is 0.879. The Balaban J connectivity index is 1.77. The SMILES string of the molecule is Cc1cc(C)cc(CNCC2CCCN(C)C2)c1. The molecule has 2 heteroatoms. The van der Waals surface area contributed by atoms with Gasteiger partial charge in [0.15, 0.2) is 0 Å². The van der Waals surface area contributed by atoms with E-state index in [1.54, 1.807) is 0 Å². The zero-order valence-electron chi connectivity index (χ0n) is 12.0. The van der Waals surface area contributed by atoms with Crippen molar-refractivity contribution in [2.75, 3.05) is 26.7 Å². The van der Waals surface area contributed by atoms with Crippen molar-refractivity contribution >= 4 is 0 Å². The molecule has 100 valence electrons. The molecule has 1 unspecified atom stereocenters. The van der Waals surface area contributed by atoms with Gasteiger partial charge in [0.25, 0.3) is 0 Å². The first-order valence-corrected chi connectivity index (χ1v) is 7.10. The standard InChI is InChI=1S/C16H26N2/c1-13-7-14(2)9-16(8-13)11-17-10-15-5-4-6-18(3)12-15/h7-9,15,17H,4-6,10-12H2,1-3H3. The second kappa shape index (κ2) is 6.35. The molecule has 0 spiro atoms. The van der Waals surface area contributed by atoms with Crippen LogP contribution in [0.1, 0.15) is 29.5 Å². The van der Waals surface area contributed by atoms with E-state index < -0.39 is 0 Å². The lowest BCUT2D eigenvalue weighted by atomic mass is 9.98. The van der Waals surface area contributed by atoms with Crippen molar-refractivity contribution in [3.8, 4) is 0 Å². The summed E-state index contributed by atoms with van der Waals surface area (Å²) in [6.45, 7) is 9.02. The van der Waals surface area contributed by atoms with Gasteiger partial charge in [-0.25, -0.2) is 0 Å². The molecule has 1 heterocycles. The number of nitrogens with zero attached hydrogens (tertiary/aromatic N) is 1. The number of aryl methyl sites for hydroxylation is 2. The summed E-state index contributed by atoms with van der Waals surface area (Å²) >= 11 is 0. The summed E-state index contributed by atoms with van der Waals surface area (Å²) in [6, 6.07) is 6.81. The molecule has 0 amide bonds. The Hall–Kier alpha value is -0.860. The highest BCUT2D eigenvalue weighted by molar-refractivity contribution is 5.28. The maximum atomic E-state index is 3.62. The van der Waals surface area contributed by atoms with E-state index in [0.29, 0.717) is 0 Å². The summed E-state index contributed by atoms with van der Waals surface area (Å²) in [7, 11) is 2.23. The number of piperidine rings is 1. The van der Waals surface area contributed by atoms with Gasteiger partial charge in [0.1, 0.15) is 0 Å². The van der Waals surface area contributed by atoms with Crippen LogP contribution in [-0.4, -0.2) is 31.6 Å². The van der Waals surface area contributed by atoms with Gasteiger partial charge in [-0.05, 0) is 58.3 Å². The van der Waals surface area contributed by atoms with Crippen LogP contribution in [-0.2, 0) is 6.54 Å². The normalized spacial score (nSPS) is 21.2. The number of hydrogen-bond acceptors (Lipinski definition) is 2. The highest BCUT2D eigenvalue weighted by atomic mass is 15.1. The Morgan fingerprint density at radius 3 is 2.61 bits per heavy atom. The number of likely N-dealkylation sites (tertiary alicyclic amines) is 1. The molecule has 0 radical (unpaired) electrons. The van der Waals surface area contributed by atoms with Gasteiger partial charge < -0.3 is 10.2 Å². The van der Waals surface area contributed by atoms with Gasteiger partial charge in [0.2, 0.25) is 0 Å². The smallest absolute Gasteiger partial charge is 0.0205 e. The fourth-order valence-electron chi connectivity index (χ4n) is 3.03. The van der Waals surface area contributed by atoms with Gasteiger partial charge in [-0.2, -0.15) is 0 Å². The summed E-state index contributed by atoms with van der Waals surface area (Å²) in [6.07, 6.45) is 2.73. The maximum Gasteiger partial charge on any atom is 0.0205 e. The zero-order valence-corrected chi connectivity index (χ0v) is 12.0. The molecule has 1 saturated heterocycles. The minimum Gasteiger partial charge on any atom is -0.312 e. The molecule has 1 fully saturated rings. The van der Waals surface area contributed by atoms with Gasteiger partial charge in [-0.3, -0.25) is 0 Å². The Kier molecular flexibility index (Phi) is 4.79. The molecule has 1 aromatic rings. The molecule has 1 aliphatic rings. The predicted molar refractivity (Wildman–Crippen MR) is 77.8 cm³/mol. The molecular weight excluding hydrogens is 220 g/mol. The van der Waals surface area contributed by atoms with Gasteiger partial charge in [0.05, 0.1) is 0 Å². The molecule has 1 aromatic carbocycles. The van der Waals surface area contributed by atoms with E-state index in [2.05, 4.69) is 49.3 Å². The van der Waals surface area contributed by atoms with Gasteiger partial charge in [-0.15, -0.1) is 0 Å². The number of benzene rings is 1. The van der Waals surface area contributed by atoms with Crippen LogP contribution in [0.4, 0.5) is 0 Å². The van der Waals surface area contributed by atoms with Crippen LogP contribution in [0.2, 0.25) is 0 Å². The summed E-state index contributed by atoms with van der Waals surface area (Å²) < 4.78 is 0. The first-order chi connectivity index (χ1) is 8.63. The van der Waals surface area contributed by atoms with E-state index in [1.165, 1.54) is 42.6 Å². The lowest BCUT2D eigenvalue weighted by molar-refractivity contribution is 0.206. The van der Waals surface area contributed by atoms with Crippen molar-refractivity contribution in [1.82, 2.24) is 10.2 Å². The van der Waals surface area contributed by atoms with Gasteiger partial charge in [0, 0.05) is 13.1 Å². The van der Waals surface area contributed by atoms with Crippen molar-refractivity contribution < 1.29 is 0 Å². The Labute approximate surface area is 111 Å². The van der Waals surface area contributed by atoms with E-state index in [1.807, 2.05) is 0 Å². The van der Waals surface area contributed by atoms with E-state index in [0.717, 1.165) is 19.0 Å². The van der Waals surface area contributed by atoms with Crippen molar-refractivity contribution in [3.05, 3.63) is 34.9 Å². The second-order valence-electron chi connectivity index (χ2n) is 5.90. The van der Waals surface area contributed by atoms with E-state index >= 15 is 0 Å². The second-order valence-corrected chi connectivity index (χ2v) is 5.90. The van der Waals surface area contributed by atoms with Crippen LogP contribution in [0.5, 0.6) is 0 Å². The van der Waals surface area contributed by atoms with E-state index in [-0.39, 0.29) is 0 Å². The summed E-state index contributed by atoms with van der Waals surface area (Å²) in [5.74, 6) is 0.828. The molecule has 1 N–H and O–H groups in total. The van der Waals surface area contributed by atoms with Crippen LogP contribution in [0.15, 0.2) is 18.2 Å².